The highest BCUT2D eigenvalue weighted by Crippen LogP contribution is 2.25. The number of amides is 1. The molecule has 2 heterocycles. The summed E-state index contributed by atoms with van der Waals surface area (Å²) in [6.45, 7) is 4.00. The molecule has 1 aliphatic heterocycles. The van der Waals surface area contributed by atoms with E-state index in [1.54, 1.807) is 18.0 Å². The van der Waals surface area contributed by atoms with E-state index in [9.17, 15) is 4.79 Å². The number of nitrogens with zero attached hydrogens (tertiary/aromatic N) is 2. The lowest BCUT2D eigenvalue weighted by atomic mass is 9.98. The molecule has 31 heavy (non-hydrogen) atoms. The van der Waals surface area contributed by atoms with E-state index in [1.807, 2.05) is 24.3 Å². The van der Waals surface area contributed by atoms with Crippen molar-refractivity contribution in [1.82, 2.24) is 15.2 Å². The second-order valence-electron chi connectivity index (χ2n) is 7.93. The summed E-state index contributed by atoms with van der Waals surface area (Å²) < 4.78 is 0. The predicted molar refractivity (Wildman–Crippen MR) is 129 cm³/mol. The number of likely N-dealkylation sites (tertiary alicyclic amines) is 1. The molecule has 1 aromatic heterocycles. The van der Waals surface area contributed by atoms with Gasteiger partial charge >= 0.3 is 0 Å². The van der Waals surface area contributed by atoms with Crippen LogP contribution in [0.2, 0.25) is 0 Å². The molecule has 0 aliphatic carbocycles. The third-order valence-corrected chi connectivity index (χ3v) is 6.54. The molecule has 1 saturated heterocycles. The molecule has 1 amide bonds. The molecule has 160 valence electrons. The lowest BCUT2D eigenvalue weighted by Gasteiger charge is -2.15. The van der Waals surface area contributed by atoms with Crippen LogP contribution in [-0.2, 0) is 23.6 Å². The SMILES string of the molecule is O=C(CSCc1ccccn1)NCc1ccccc1-c1ccc(CN2CCCC2)cc1. The molecule has 0 unspecified atom stereocenters. The topological polar surface area (TPSA) is 45.2 Å². The van der Waals surface area contributed by atoms with Crippen LogP contribution in [0.3, 0.4) is 0 Å². The Morgan fingerprint density at radius 3 is 2.52 bits per heavy atom. The van der Waals surface area contributed by atoms with Gasteiger partial charge in [-0.2, -0.15) is 0 Å². The van der Waals surface area contributed by atoms with Crippen molar-refractivity contribution in [2.24, 2.45) is 0 Å². The van der Waals surface area contributed by atoms with E-state index < -0.39 is 0 Å². The van der Waals surface area contributed by atoms with E-state index in [4.69, 9.17) is 0 Å². The molecule has 0 saturated carbocycles. The molecule has 0 radical (unpaired) electrons. The Morgan fingerprint density at radius 2 is 1.74 bits per heavy atom. The third-order valence-electron chi connectivity index (χ3n) is 5.57. The Bertz CT molecular complexity index is 969. The Hall–Kier alpha value is -2.63. The van der Waals surface area contributed by atoms with Crippen LogP contribution < -0.4 is 5.32 Å². The molecule has 2 aromatic carbocycles. The lowest BCUT2D eigenvalue weighted by molar-refractivity contribution is -0.118. The van der Waals surface area contributed by atoms with Gasteiger partial charge in [0.25, 0.3) is 0 Å². The Morgan fingerprint density at radius 1 is 0.968 bits per heavy atom. The first-order chi connectivity index (χ1) is 15.3. The smallest absolute Gasteiger partial charge is 0.230 e. The largest absolute Gasteiger partial charge is 0.351 e. The van der Waals surface area contributed by atoms with Gasteiger partial charge in [0.1, 0.15) is 0 Å². The maximum Gasteiger partial charge on any atom is 0.230 e. The van der Waals surface area contributed by atoms with Crippen molar-refractivity contribution in [2.75, 3.05) is 18.8 Å². The van der Waals surface area contributed by atoms with E-state index in [2.05, 4.69) is 57.7 Å². The number of pyridine rings is 1. The van der Waals surface area contributed by atoms with Crippen LogP contribution in [0, 0.1) is 0 Å². The number of hydrogen-bond acceptors (Lipinski definition) is 4. The second kappa shape index (κ2) is 11.1. The number of thioether (sulfide) groups is 1. The summed E-state index contributed by atoms with van der Waals surface area (Å²) in [5, 5.41) is 3.07. The van der Waals surface area contributed by atoms with Crippen molar-refractivity contribution in [2.45, 2.75) is 31.7 Å². The Labute approximate surface area is 189 Å². The van der Waals surface area contributed by atoms with Gasteiger partial charge in [0.05, 0.1) is 11.4 Å². The molecule has 1 fully saturated rings. The number of aromatic nitrogens is 1. The van der Waals surface area contributed by atoms with Crippen molar-refractivity contribution < 1.29 is 4.79 Å². The van der Waals surface area contributed by atoms with Crippen molar-refractivity contribution in [3.8, 4) is 11.1 Å². The summed E-state index contributed by atoms with van der Waals surface area (Å²) >= 11 is 1.59. The van der Waals surface area contributed by atoms with E-state index in [0.717, 1.165) is 23.6 Å². The average molecular weight is 432 g/mol. The molecule has 1 N–H and O–H groups in total. The van der Waals surface area contributed by atoms with Gasteiger partial charge in [0, 0.05) is 25.0 Å². The van der Waals surface area contributed by atoms with E-state index in [-0.39, 0.29) is 5.91 Å². The van der Waals surface area contributed by atoms with Gasteiger partial charge in [-0.15, -0.1) is 11.8 Å². The molecule has 5 heteroatoms. The standard InChI is InChI=1S/C26H29N3OS/c30-26(20-31-19-24-8-3-4-14-27-24)28-17-23-7-1-2-9-25(23)22-12-10-21(11-13-22)18-29-15-5-6-16-29/h1-4,7-14H,5-6,15-20H2,(H,28,30). The monoisotopic (exact) mass is 431 g/mol. The molecule has 1 aliphatic rings. The quantitative estimate of drug-likeness (QED) is 0.524. The predicted octanol–water partition coefficient (Wildman–Crippen LogP) is 4.89. The van der Waals surface area contributed by atoms with Crippen molar-refractivity contribution in [3.63, 3.8) is 0 Å². The minimum atomic E-state index is 0.0525. The maximum absolute atomic E-state index is 12.3. The fourth-order valence-corrected chi connectivity index (χ4v) is 4.69. The lowest BCUT2D eigenvalue weighted by Crippen LogP contribution is -2.25. The van der Waals surface area contributed by atoms with Gasteiger partial charge in [0.2, 0.25) is 5.91 Å². The van der Waals surface area contributed by atoms with Gasteiger partial charge in [0.15, 0.2) is 0 Å². The molecule has 0 spiro atoms. The summed E-state index contributed by atoms with van der Waals surface area (Å²) in [5.41, 5.74) is 5.87. The summed E-state index contributed by atoms with van der Waals surface area (Å²) in [7, 11) is 0. The highest BCUT2D eigenvalue weighted by atomic mass is 32.2. The minimum absolute atomic E-state index is 0.0525. The molecule has 0 atom stereocenters. The number of rotatable bonds is 9. The number of hydrogen-bond donors (Lipinski definition) is 1. The first-order valence-corrected chi connectivity index (χ1v) is 12.1. The minimum Gasteiger partial charge on any atom is -0.351 e. The van der Waals surface area contributed by atoms with E-state index in [1.165, 1.54) is 42.6 Å². The third kappa shape index (κ3) is 6.42. The van der Waals surface area contributed by atoms with Crippen LogP contribution in [0.5, 0.6) is 0 Å². The number of nitrogens with one attached hydrogen (secondary N) is 1. The van der Waals surface area contributed by atoms with E-state index in [0.29, 0.717) is 12.3 Å². The van der Waals surface area contributed by atoms with Gasteiger partial charge in [-0.3, -0.25) is 14.7 Å². The fraction of sp³-hybridized carbons (Fsp3) is 0.308. The van der Waals surface area contributed by atoms with Crippen LogP contribution in [0.25, 0.3) is 11.1 Å². The fourth-order valence-electron chi connectivity index (χ4n) is 3.92. The summed E-state index contributed by atoms with van der Waals surface area (Å²) in [4.78, 5) is 19.1. The van der Waals surface area contributed by atoms with Crippen molar-refractivity contribution >= 4 is 17.7 Å². The zero-order valence-corrected chi connectivity index (χ0v) is 18.6. The molecular formula is C26H29N3OS. The highest BCUT2D eigenvalue weighted by molar-refractivity contribution is 7.99. The first kappa shape index (κ1) is 21.6. The Balaban J connectivity index is 1.31. The summed E-state index contributed by atoms with van der Waals surface area (Å²) in [6.07, 6.45) is 4.42. The van der Waals surface area contributed by atoms with Crippen LogP contribution in [0.15, 0.2) is 72.9 Å². The van der Waals surface area contributed by atoms with Crippen LogP contribution in [0.4, 0.5) is 0 Å². The zero-order chi connectivity index (χ0) is 21.3. The van der Waals surface area contributed by atoms with Crippen LogP contribution in [-0.4, -0.2) is 34.6 Å². The van der Waals surface area contributed by atoms with Crippen molar-refractivity contribution in [1.29, 1.82) is 0 Å². The molecule has 0 bridgehead atoms. The van der Waals surface area contributed by atoms with Gasteiger partial charge in [-0.1, -0.05) is 54.6 Å². The second-order valence-corrected chi connectivity index (χ2v) is 8.91. The number of carbonyl (C=O) groups excluding carboxylic acids is 1. The van der Waals surface area contributed by atoms with Crippen LogP contribution >= 0.6 is 11.8 Å². The zero-order valence-electron chi connectivity index (χ0n) is 17.8. The Kier molecular flexibility index (Phi) is 7.75. The number of benzene rings is 2. The summed E-state index contributed by atoms with van der Waals surface area (Å²) in [6, 6.07) is 23.0. The molecule has 4 nitrogen and oxygen atoms in total. The first-order valence-electron chi connectivity index (χ1n) is 10.9. The van der Waals surface area contributed by atoms with Gasteiger partial charge in [-0.25, -0.2) is 0 Å². The van der Waals surface area contributed by atoms with Crippen molar-refractivity contribution in [3.05, 3.63) is 89.7 Å². The van der Waals surface area contributed by atoms with Gasteiger partial charge in [-0.05, 0) is 60.3 Å². The maximum atomic E-state index is 12.3. The molecule has 3 aromatic rings. The normalized spacial score (nSPS) is 13.9. The summed E-state index contributed by atoms with van der Waals surface area (Å²) in [5.74, 6) is 1.23. The number of carbonyl (C=O) groups is 1. The average Bonchev–Trinajstić information content (AvgIpc) is 3.32. The highest BCUT2D eigenvalue weighted by Gasteiger charge is 2.12. The molecular weight excluding hydrogens is 402 g/mol. The van der Waals surface area contributed by atoms with E-state index >= 15 is 0 Å². The van der Waals surface area contributed by atoms with Gasteiger partial charge < -0.3 is 5.32 Å². The molecule has 4 rings (SSSR count). The van der Waals surface area contributed by atoms with Crippen LogP contribution in [0.1, 0.15) is 29.7 Å².